The minimum absolute atomic E-state index is 0.0306. The molecule has 10 heteroatoms. The van der Waals surface area contributed by atoms with Crippen molar-refractivity contribution in [2.75, 3.05) is 37.8 Å². The molecule has 0 saturated carbocycles. The van der Waals surface area contributed by atoms with Crippen molar-refractivity contribution < 1.29 is 36.2 Å². The molecule has 0 aromatic rings. The largest absolute Gasteiger partial charge is 0.480 e. The minimum Gasteiger partial charge on any atom is -0.480 e. The lowest BCUT2D eigenvalue weighted by Crippen LogP contribution is -2.42. The molecule has 1 atom stereocenters. The topological polar surface area (TPSA) is 83.9 Å². The third-order valence-electron chi connectivity index (χ3n) is 2.85. The number of carboxylic acids is 1. The first-order valence-electron chi connectivity index (χ1n) is 5.90. The molecule has 0 aliphatic carbocycles. The Labute approximate surface area is 114 Å². The van der Waals surface area contributed by atoms with Gasteiger partial charge in [-0.05, 0) is 6.42 Å². The van der Waals surface area contributed by atoms with Crippen LogP contribution in [0.4, 0.5) is 13.2 Å². The van der Waals surface area contributed by atoms with E-state index in [9.17, 15) is 26.4 Å². The number of alkyl halides is 3. The highest BCUT2D eigenvalue weighted by molar-refractivity contribution is 7.91. The number of sulfone groups is 1. The number of hydrogen-bond donors (Lipinski definition) is 1. The van der Waals surface area contributed by atoms with E-state index in [2.05, 4.69) is 4.74 Å². The summed E-state index contributed by atoms with van der Waals surface area (Å²) in [4.78, 5) is 12.0. The first-order valence-corrected chi connectivity index (χ1v) is 7.72. The van der Waals surface area contributed by atoms with Gasteiger partial charge >= 0.3 is 12.1 Å². The molecule has 0 aromatic heterocycles. The van der Waals surface area contributed by atoms with Crippen molar-refractivity contribution in [1.29, 1.82) is 0 Å². The van der Waals surface area contributed by atoms with E-state index in [4.69, 9.17) is 5.11 Å². The Morgan fingerprint density at radius 1 is 1.40 bits per heavy atom. The molecule has 0 amide bonds. The van der Waals surface area contributed by atoms with Crippen molar-refractivity contribution in [3.63, 3.8) is 0 Å². The van der Waals surface area contributed by atoms with Crippen LogP contribution >= 0.6 is 0 Å². The number of halogens is 3. The molecular weight excluding hydrogens is 303 g/mol. The lowest BCUT2D eigenvalue weighted by molar-refractivity contribution is -0.175. The van der Waals surface area contributed by atoms with E-state index in [1.165, 1.54) is 4.90 Å². The van der Waals surface area contributed by atoms with Gasteiger partial charge in [0.25, 0.3) is 0 Å². The summed E-state index contributed by atoms with van der Waals surface area (Å²) >= 11 is 0. The van der Waals surface area contributed by atoms with Crippen molar-refractivity contribution >= 4 is 15.8 Å². The second-order valence-electron chi connectivity index (χ2n) is 4.59. The Balaban J connectivity index is 2.47. The van der Waals surface area contributed by atoms with Gasteiger partial charge in [-0.1, -0.05) is 0 Å². The molecule has 0 bridgehead atoms. The zero-order valence-corrected chi connectivity index (χ0v) is 11.4. The van der Waals surface area contributed by atoms with E-state index in [0.717, 1.165) is 0 Å². The predicted octanol–water partition coefficient (Wildman–Crippen LogP) is 0.139. The molecule has 1 saturated heterocycles. The van der Waals surface area contributed by atoms with Gasteiger partial charge in [-0.25, -0.2) is 8.42 Å². The first-order chi connectivity index (χ1) is 9.09. The molecule has 6 nitrogen and oxygen atoms in total. The maximum absolute atomic E-state index is 11.9. The highest BCUT2D eigenvalue weighted by atomic mass is 32.2. The van der Waals surface area contributed by atoms with Crippen LogP contribution in [0.2, 0.25) is 0 Å². The molecule has 1 unspecified atom stereocenters. The highest BCUT2D eigenvalue weighted by Crippen LogP contribution is 2.18. The molecule has 20 heavy (non-hydrogen) atoms. The van der Waals surface area contributed by atoms with Crippen molar-refractivity contribution in [3.05, 3.63) is 0 Å². The molecule has 1 aliphatic rings. The van der Waals surface area contributed by atoms with Crippen LogP contribution < -0.4 is 0 Å². The fourth-order valence-electron chi connectivity index (χ4n) is 2.00. The zero-order valence-electron chi connectivity index (χ0n) is 10.6. The third kappa shape index (κ3) is 6.53. The van der Waals surface area contributed by atoms with Gasteiger partial charge < -0.3 is 9.84 Å². The molecule has 1 aliphatic heterocycles. The van der Waals surface area contributed by atoms with Gasteiger partial charge in [0.2, 0.25) is 0 Å². The van der Waals surface area contributed by atoms with E-state index in [1.54, 1.807) is 0 Å². The minimum atomic E-state index is -4.44. The number of carboxylic acid groups (broad SMARTS) is 1. The predicted molar refractivity (Wildman–Crippen MR) is 63.1 cm³/mol. The summed E-state index contributed by atoms with van der Waals surface area (Å²) in [6.45, 7) is -2.18. The quantitative estimate of drug-likeness (QED) is 0.672. The summed E-state index contributed by atoms with van der Waals surface area (Å²) in [7, 11) is -3.19. The van der Waals surface area contributed by atoms with Crippen LogP contribution in [0, 0.1) is 0 Å². The van der Waals surface area contributed by atoms with Crippen molar-refractivity contribution in [2.45, 2.75) is 18.6 Å². The average Bonchev–Trinajstić information content (AvgIpc) is 2.61. The molecular formula is C10H16F3NO5S. The van der Waals surface area contributed by atoms with Crippen LogP contribution in [-0.2, 0) is 19.4 Å². The van der Waals surface area contributed by atoms with Gasteiger partial charge in [0, 0.05) is 12.6 Å². The Morgan fingerprint density at radius 3 is 2.50 bits per heavy atom. The number of ether oxygens (including phenoxy) is 1. The fraction of sp³-hybridized carbons (Fsp3) is 0.900. The second-order valence-corrected chi connectivity index (χ2v) is 6.82. The Kier molecular flexibility index (Phi) is 5.78. The van der Waals surface area contributed by atoms with Gasteiger partial charge in [0.15, 0.2) is 9.84 Å². The van der Waals surface area contributed by atoms with Crippen LogP contribution in [0.5, 0.6) is 0 Å². The number of carbonyl (C=O) groups is 1. The van der Waals surface area contributed by atoms with Gasteiger partial charge in [-0.3, -0.25) is 9.69 Å². The van der Waals surface area contributed by atoms with E-state index >= 15 is 0 Å². The Hall–Kier alpha value is -0.870. The van der Waals surface area contributed by atoms with Crippen LogP contribution in [0.1, 0.15) is 6.42 Å². The second kappa shape index (κ2) is 6.72. The van der Waals surface area contributed by atoms with Crippen LogP contribution in [0.15, 0.2) is 0 Å². The van der Waals surface area contributed by atoms with E-state index in [0.29, 0.717) is 0 Å². The van der Waals surface area contributed by atoms with Gasteiger partial charge in [0.05, 0.1) is 24.7 Å². The number of rotatable bonds is 7. The zero-order chi connectivity index (χ0) is 15.4. The van der Waals surface area contributed by atoms with Gasteiger partial charge in [0.1, 0.15) is 6.61 Å². The van der Waals surface area contributed by atoms with Crippen LogP contribution in [-0.4, -0.2) is 74.4 Å². The molecule has 0 aromatic carbocycles. The van der Waals surface area contributed by atoms with Crippen LogP contribution in [0.3, 0.4) is 0 Å². The average molecular weight is 319 g/mol. The standard InChI is InChI=1S/C10H16F3NO5S/c11-10(12,13)7-19-3-2-14(5-9(15)16)8-1-4-20(17,18)6-8/h8H,1-7H2,(H,15,16). The van der Waals surface area contributed by atoms with Crippen molar-refractivity contribution in [3.8, 4) is 0 Å². The van der Waals surface area contributed by atoms with Crippen molar-refractivity contribution in [1.82, 2.24) is 4.90 Å². The molecule has 118 valence electrons. The maximum atomic E-state index is 11.9. The summed E-state index contributed by atoms with van der Waals surface area (Å²) in [5.74, 6) is -1.36. The number of hydrogen-bond acceptors (Lipinski definition) is 5. The summed E-state index contributed by atoms with van der Waals surface area (Å²) in [5, 5.41) is 8.75. The fourth-order valence-corrected chi connectivity index (χ4v) is 3.76. The summed E-state index contributed by atoms with van der Waals surface area (Å²) < 4.78 is 62.7. The Bertz CT molecular complexity index is 437. The van der Waals surface area contributed by atoms with Crippen LogP contribution in [0.25, 0.3) is 0 Å². The summed E-state index contributed by atoms with van der Waals surface area (Å²) in [6.07, 6.45) is -4.15. The molecule has 1 N–H and O–H groups in total. The highest BCUT2D eigenvalue weighted by Gasteiger charge is 2.33. The smallest absolute Gasteiger partial charge is 0.411 e. The monoisotopic (exact) mass is 319 g/mol. The summed E-state index contributed by atoms with van der Waals surface area (Å²) in [5.41, 5.74) is 0. The van der Waals surface area contributed by atoms with E-state index < -0.39 is 41.2 Å². The summed E-state index contributed by atoms with van der Waals surface area (Å²) in [6, 6.07) is -0.481. The first kappa shape index (κ1) is 17.2. The molecule has 1 rings (SSSR count). The molecule has 1 heterocycles. The molecule has 0 spiro atoms. The van der Waals surface area contributed by atoms with Gasteiger partial charge in [-0.2, -0.15) is 13.2 Å². The number of nitrogens with zero attached hydrogens (tertiary/aromatic N) is 1. The number of aliphatic carboxylic acids is 1. The lowest BCUT2D eigenvalue weighted by Gasteiger charge is -2.26. The van der Waals surface area contributed by atoms with E-state index in [-0.39, 0.29) is 31.1 Å². The normalized spacial score (nSPS) is 22.3. The molecule has 1 fully saturated rings. The SMILES string of the molecule is O=C(O)CN(CCOCC(F)(F)F)C1CCS(=O)(=O)C1. The van der Waals surface area contributed by atoms with Crippen molar-refractivity contribution in [2.24, 2.45) is 0 Å². The van der Waals surface area contributed by atoms with Gasteiger partial charge in [-0.15, -0.1) is 0 Å². The molecule has 0 radical (unpaired) electrons. The Morgan fingerprint density at radius 2 is 2.05 bits per heavy atom. The maximum Gasteiger partial charge on any atom is 0.411 e. The van der Waals surface area contributed by atoms with E-state index in [1.807, 2.05) is 0 Å². The third-order valence-corrected chi connectivity index (χ3v) is 4.60. The lowest BCUT2D eigenvalue weighted by atomic mass is 10.2.